The third-order valence-electron chi connectivity index (χ3n) is 2.54. The number of hydrogen-bond acceptors (Lipinski definition) is 4. The van der Waals surface area contributed by atoms with Crippen LogP contribution in [0.4, 0.5) is 0 Å². The molecule has 0 radical (unpaired) electrons. The Hall–Kier alpha value is -1.93. The topological polar surface area (TPSA) is 121 Å². The van der Waals surface area contributed by atoms with Crippen molar-refractivity contribution in [2.45, 2.75) is 6.54 Å². The lowest BCUT2D eigenvalue weighted by atomic mass is 10.1. The standard InChI is InChI=1S/C11H11BrN4O3/c12-6-1-5(4-14-8(17)3-13)9-7(2-6)15-10(18)11(19)16-9/h1-2H,3-4,13H2,(H,14,17)(H,15,18)(H,16,19). The number of aromatic nitrogens is 2. The predicted molar refractivity (Wildman–Crippen MR) is 73.8 cm³/mol. The molecule has 1 heterocycles. The van der Waals surface area contributed by atoms with Crippen molar-refractivity contribution in [1.29, 1.82) is 0 Å². The van der Waals surface area contributed by atoms with Crippen LogP contribution in [0.5, 0.6) is 0 Å². The average Bonchev–Trinajstić information content (AvgIpc) is 2.37. The van der Waals surface area contributed by atoms with Crippen LogP contribution in [0.3, 0.4) is 0 Å². The quantitative estimate of drug-likeness (QED) is 0.571. The summed E-state index contributed by atoms with van der Waals surface area (Å²) in [6.45, 7) is 0.0905. The number of aromatic amines is 2. The summed E-state index contributed by atoms with van der Waals surface area (Å²) in [5.74, 6) is -0.306. The molecule has 0 fully saturated rings. The van der Waals surface area contributed by atoms with E-state index in [1.165, 1.54) is 0 Å². The van der Waals surface area contributed by atoms with Gasteiger partial charge in [0.2, 0.25) is 5.91 Å². The van der Waals surface area contributed by atoms with Crippen LogP contribution in [-0.4, -0.2) is 22.4 Å². The lowest BCUT2D eigenvalue weighted by molar-refractivity contribution is -0.119. The van der Waals surface area contributed by atoms with E-state index in [2.05, 4.69) is 31.2 Å². The molecule has 7 nitrogen and oxygen atoms in total. The van der Waals surface area contributed by atoms with E-state index in [-0.39, 0.29) is 19.0 Å². The molecule has 0 unspecified atom stereocenters. The van der Waals surface area contributed by atoms with Gasteiger partial charge in [-0.05, 0) is 17.7 Å². The van der Waals surface area contributed by atoms with Gasteiger partial charge in [0, 0.05) is 11.0 Å². The SMILES string of the molecule is NCC(=O)NCc1cc(Br)cc2[nH]c(=O)c(=O)[nH]c12. The van der Waals surface area contributed by atoms with E-state index in [0.717, 1.165) is 4.47 Å². The third-order valence-corrected chi connectivity index (χ3v) is 3.00. The summed E-state index contributed by atoms with van der Waals surface area (Å²) in [5, 5.41) is 2.60. The fourth-order valence-electron chi connectivity index (χ4n) is 1.66. The Balaban J connectivity index is 2.53. The number of carbonyl (C=O) groups excluding carboxylic acids is 1. The number of fused-ring (bicyclic) bond motifs is 1. The van der Waals surface area contributed by atoms with Crippen molar-refractivity contribution in [3.05, 3.63) is 42.9 Å². The summed E-state index contributed by atoms with van der Waals surface area (Å²) >= 11 is 3.30. The van der Waals surface area contributed by atoms with Crippen LogP contribution < -0.4 is 22.2 Å². The third kappa shape index (κ3) is 2.91. The number of benzene rings is 1. The molecule has 0 saturated carbocycles. The van der Waals surface area contributed by atoms with E-state index in [4.69, 9.17) is 5.73 Å². The number of hydrogen-bond donors (Lipinski definition) is 4. The number of H-pyrrole nitrogens is 2. The molecule has 1 aromatic heterocycles. The lowest BCUT2D eigenvalue weighted by Crippen LogP contribution is -2.31. The van der Waals surface area contributed by atoms with Gasteiger partial charge in [0.1, 0.15) is 0 Å². The van der Waals surface area contributed by atoms with Crippen molar-refractivity contribution in [3.63, 3.8) is 0 Å². The van der Waals surface area contributed by atoms with Crippen molar-refractivity contribution in [2.75, 3.05) is 6.54 Å². The fourth-order valence-corrected chi connectivity index (χ4v) is 2.17. The maximum Gasteiger partial charge on any atom is 0.314 e. The Kier molecular flexibility index (Phi) is 3.82. The number of nitrogens with one attached hydrogen (secondary N) is 3. The molecule has 1 aromatic carbocycles. The number of amides is 1. The Morgan fingerprint density at radius 2 is 1.95 bits per heavy atom. The Morgan fingerprint density at radius 1 is 1.26 bits per heavy atom. The second-order valence-electron chi connectivity index (χ2n) is 3.88. The highest BCUT2D eigenvalue weighted by molar-refractivity contribution is 9.10. The second-order valence-corrected chi connectivity index (χ2v) is 4.79. The Morgan fingerprint density at radius 3 is 2.63 bits per heavy atom. The smallest absolute Gasteiger partial charge is 0.314 e. The molecule has 0 aliphatic rings. The van der Waals surface area contributed by atoms with E-state index in [9.17, 15) is 14.4 Å². The van der Waals surface area contributed by atoms with Crippen molar-refractivity contribution < 1.29 is 4.79 Å². The molecule has 0 spiro atoms. The van der Waals surface area contributed by atoms with Gasteiger partial charge in [-0.3, -0.25) is 14.4 Å². The first-order valence-electron chi connectivity index (χ1n) is 5.42. The highest BCUT2D eigenvalue weighted by Gasteiger charge is 2.08. The van der Waals surface area contributed by atoms with Gasteiger partial charge in [-0.1, -0.05) is 15.9 Å². The number of nitrogens with two attached hydrogens (primary N) is 1. The lowest BCUT2D eigenvalue weighted by Gasteiger charge is -2.08. The number of halogens is 1. The van der Waals surface area contributed by atoms with Crippen LogP contribution in [0.1, 0.15) is 5.56 Å². The second kappa shape index (κ2) is 5.37. The highest BCUT2D eigenvalue weighted by Crippen LogP contribution is 2.19. The van der Waals surface area contributed by atoms with Crippen LogP contribution in [0.2, 0.25) is 0 Å². The molecule has 5 N–H and O–H groups in total. The maximum absolute atomic E-state index is 11.3. The number of carbonyl (C=O) groups is 1. The van der Waals surface area contributed by atoms with Crippen LogP contribution in [0.15, 0.2) is 26.2 Å². The first kappa shape index (κ1) is 13.5. The first-order chi connectivity index (χ1) is 9.01. The van der Waals surface area contributed by atoms with E-state index in [0.29, 0.717) is 16.6 Å². The van der Waals surface area contributed by atoms with Gasteiger partial charge in [0.05, 0.1) is 17.6 Å². The molecule has 19 heavy (non-hydrogen) atoms. The van der Waals surface area contributed by atoms with Crippen molar-refractivity contribution in [3.8, 4) is 0 Å². The van der Waals surface area contributed by atoms with Gasteiger partial charge in [0.15, 0.2) is 0 Å². The van der Waals surface area contributed by atoms with Crippen LogP contribution >= 0.6 is 15.9 Å². The van der Waals surface area contributed by atoms with Gasteiger partial charge in [-0.15, -0.1) is 0 Å². The molecule has 0 aliphatic carbocycles. The summed E-state index contributed by atoms with van der Waals surface area (Å²) in [4.78, 5) is 38.7. The molecule has 0 saturated heterocycles. The molecule has 0 aliphatic heterocycles. The zero-order valence-corrected chi connectivity index (χ0v) is 11.3. The zero-order chi connectivity index (χ0) is 14.0. The van der Waals surface area contributed by atoms with E-state index >= 15 is 0 Å². The molecular formula is C11H11BrN4O3. The normalized spacial score (nSPS) is 10.6. The summed E-state index contributed by atoms with van der Waals surface area (Å²) in [7, 11) is 0. The summed E-state index contributed by atoms with van der Waals surface area (Å²) in [5.41, 5.74) is 5.37. The minimum atomic E-state index is -0.735. The minimum absolute atomic E-state index is 0.112. The van der Waals surface area contributed by atoms with E-state index in [1.54, 1.807) is 12.1 Å². The Labute approximate surface area is 115 Å². The minimum Gasteiger partial charge on any atom is -0.351 e. The largest absolute Gasteiger partial charge is 0.351 e. The predicted octanol–water partition coefficient (Wildman–Crippen LogP) is -0.446. The van der Waals surface area contributed by atoms with Crippen LogP contribution in [0, 0.1) is 0 Å². The summed E-state index contributed by atoms with van der Waals surface area (Å²) in [6, 6.07) is 3.41. The molecule has 100 valence electrons. The van der Waals surface area contributed by atoms with Gasteiger partial charge < -0.3 is 21.0 Å². The zero-order valence-electron chi connectivity index (χ0n) is 9.75. The van der Waals surface area contributed by atoms with E-state index < -0.39 is 11.1 Å². The van der Waals surface area contributed by atoms with Crippen molar-refractivity contribution in [1.82, 2.24) is 15.3 Å². The Bertz CT molecular complexity index is 750. The molecular weight excluding hydrogens is 316 g/mol. The number of rotatable bonds is 3. The van der Waals surface area contributed by atoms with Gasteiger partial charge in [-0.2, -0.15) is 0 Å². The molecule has 2 rings (SSSR count). The maximum atomic E-state index is 11.3. The molecule has 0 atom stereocenters. The van der Waals surface area contributed by atoms with Gasteiger partial charge >= 0.3 is 11.1 Å². The van der Waals surface area contributed by atoms with Crippen LogP contribution in [0.25, 0.3) is 11.0 Å². The summed E-state index contributed by atoms with van der Waals surface area (Å²) < 4.78 is 0.722. The first-order valence-corrected chi connectivity index (χ1v) is 6.22. The monoisotopic (exact) mass is 326 g/mol. The van der Waals surface area contributed by atoms with Crippen molar-refractivity contribution >= 4 is 32.9 Å². The molecule has 2 aromatic rings. The molecule has 1 amide bonds. The van der Waals surface area contributed by atoms with Crippen molar-refractivity contribution in [2.24, 2.45) is 5.73 Å². The average molecular weight is 327 g/mol. The fraction of sp³-hybridized carbons (Fsp3) is 0.182. The molecule has 0 bridgehead atoms. The van der Waals surface area contributed by atoms with Crippen LogP contribution in [-0.2, 0) is 11.3 Å². The van der Waals surface area contributed by atoms with Gasteiger partial charge in [0.25, 0.3) is 0 Å². The van der Waals surface area contributed by atoms with E-state index in [1.807, 2.05) is 0 Å². The van der Waals surface area contributed by atoms with Gasteiger partial charge in [-0.25, -0.2) is 0 Å². The highest BCUT2D eigenvalue weighted by atomic mass is 79.9. The molecule has 8 heteroatoms. The summed E-state index contributed by atoms with van der Waals surface area (Å²) in [6.07, 6.45) is 0.